The van der Waals surface area contributed by atoms with Crippen LogP contribution in [0.15, 0.2) is 0 Å². The van der Waals surface area contributed by atoms with E-state index >= 15 is 0 Å². The van der Waals surface area contributed by atoms with Crippen molar-refractivity contribution in [1.82, 2.24) is 20.3 Å². The Hall–Kier alpha value is -1.35. The first kappa shape index (κ1) is 14.1. The van der Waals surface area contributed by atoms with Crippen molar-refractivity contribution in [2.24, 2.45) is 0 Å². The van der Waals surface area contributed by atoms with Crippen molar-refractivity contribution in [3.05, 3.63) is 0 Å². The molecule has 0 aromatic carbocycles. The quantitative estimate of drug-likeness (QED) is 0.570. The van der Waals surface area contributed by atoms with E-state index in [1.807, 2.05) is 0 Å². The van der Waals surface area contributed by atoms with E-state index in [-0.39, 0.29) is 24.5 Å². The third-order valence-corrected chi connectivity index (χ3v) is 4.66. The summed E-state index contributed by atoms with van der Waals surface area (Å²) in [5, 5.41) is 7.86. The van der Waals surface area contributed by atoms with Gasteiger partial charge in [-0.15, -0.1) is 0 Å². The summed E-state index contributed by atoms with van der Waals surface area (Å²) < 4.78 is 24.1. The highest BCUT2D eigenvalue weighted by atomic mass is 32.2. The largest absolute Gasteiger partial charge is 0.351 e. The van der Waals surface area contributed by atoms with Gasteiger partial charge >= 0.3 is 6.03 Å². The molecule has 3 amide bonds. The molecule has 2 aliphatic heterocycles. The minimum absolute atomic E-state index is 0.0389. The summed E-state index contributed by atoms with van der Waals surface area (Å²) in [4.78, 5) is 22.8. The molecule has 19 heavy (non-hydrogen) atoms. The minimum atomic E-state index is -3.15. The predicted molar refractivity (Wildman–Crippen MR) is 67.9 cm³/mol. The fraction of sp³-hybridized carbons (Fsp3) is 0.800. The van der Waals surface area contributed by atoms with Crippen LogP contribution < -0.4 is 16.0 Å². The van der Waals surface area contributed by atoms with E-state index in [1.165, 1.54) is 10.6 Å². The lowest BCUT2D eigenvalue weighted by molar-refractivity contribution is -0.123. The number of urea groups is 1. The number of rotatable bonds is 3. The molecule has 2 fully saturated rings. The standard InChI is InChI=1S/C10H18N4O4S/c1-19(17,18)14-4-2-7(3-5-14)12-9(15)8-6-11-10(16)13-8/h7-8H,2-6H2,1H3,(H,12,15)(H2,11,13,16)/t8-/m1/s1. The molecule has 0 unspecified atom stereocenters. The molecule has 2 heterocycles. The number of carbonyl (C=O) groups excluding carboxylic acids is 2. The molecule has 9 heteroatoms. The van der Waals surface area contributed by atoms with E-state index in [2.05, 4.69) is 16.0 Å². The monoisotopic (exact) mass is 290 g/mol. The number of hydrogen-bond donors (Lipinski definition) is 3. The number of piperidine rings is 1. The van der Waals surface area contributed by atoms with Gasteiger partial charge in [-0.1, -0.05) is 0 Å². The van der Waals surface area contributed by atoms with Gasteiger partial charge in [0.1, 0.15) is 6.04 Å². The lowest BCUT2D eigenvalue weighted by Gasteiger charge is -2.31. The molecule has 3 N–H and O–H groups in total. The first-order valence-corrected chi connectivity index (χ1v) is 8.01. The molecular formula is C10H18N4O4S. The van der Waals surface area contributed by atoms with Gasteiger partial charge in [-0.2, -0.15) is 0 Å². The average molecular weight is 290 g/mol. The normalized spacial score (nSPS) is 25.7. The van der Waals surface area contributed by atoms with Crippen LogP contribution in [0.5, 0.6) is 0 Å². The molecule has 0 radical (unpaired) electrons. The van der Waals surface area contributed by atoms with Crippen LogP contribution in [-0.2, 0) is 14.8 Å². The van der Waals surface area contributed by atoms with E-state index in [0.717, 1.165) is 0 Å². The van der Waals surface area contributed by atoms with E-state index in [4.69, 9.17) is 0 Å². The summed E-state index contributed by atoms with van der Waals surface area (Å²) >= 11 is 0. The van der Waals surface area contributed by atoms with E-state index in [0.29, 0.717) is 25.9 Å². The van der Waals surface area contributed by atoms with Crippen molar-refractivity contribution in [3.63, 3.8) is 0 Å². The van der Waals surface area contributed by atoms with Crippen molar-refractivity contribution in [3.8, 4) is 0 Å². The first-order chi connectivity index (χ1) is 8.86. The Balaban J connectivity index is 1.79. The molecule has 0 saturated carbocycles. The lowest BCUT2D eigenvalue weighted by Crippen LogP contribution is -2.51. The minimum Gasteiger partial charge on any atom is -0.351 e. The summed E-state index contributed by atoms with van der Waals surface area (Å²) in [6, 6.07) is -0.921. The summed E-state index contributed by atoms with van der Waals surface area (Å²) in [6.07, 6.45) is 2.37. The summed E-state index contributed by atoms with van der Waals surface area (Å²) in [7, 11) is -3.15. The molecule has 1 atom stereocenters. The smallest absolute Gasteiger partial charge is 0.315 e. The SMILES string of the molecule is CS(=O)(=O)N1CCC(NC(=O)[C@H]2CNC(=O)N2)CC1. The van der Waals surface area contributed by atoms with Gasteiger partial charge in [-0.3, -0.25) is 4.79 Å². The number of sulfonamides is 1. The van der Waals surface area contributed by atoms with Crippen molar-refractivity contribution < 1.29 is 18.0 Å². The Kier molecular flexibility index (Phi) is 3.95. The van der Waals surface area contributed by atoms with Gasteiger partial charge in [0.2, 0.25) is 15.9 Å². The molecule has 2 aliphatic rings. The van der Waals surface area contributed by atoms with E-state index < -0.39 is 16.1 Å². The fourth-order valence-electron chi connectivity index (χ4n) is 2.25. The third-order valence-electron chi connectivity index (χ3n) is 3.36. The molecule has 0 aromatic rings. The molecule has 0 bridgehead atoms. The van der Waals surface area contributed by atoms with Crippen LogP contribution in [0.25, 0.3) is 0 Å². The van der Waals surface area contributed by atoms with Gasteiger partial charge < -0.3 is 16.0 Å². The lowest BCUT2D eigenvalue weighted by atomic mass is 10.1. The maximum Gasteiger partial charge on any atom is 0.315 e. The van der Waals surface area contributed by atoms with Crippen molar-refractivity contribution >= 4 is 22.0 Å². The summed E-state index contributed by atoms with van der Waals surface area (Å²) in [5.41, 5.74) is 0. The molecule has 2 rings (SSSR count). The van der Waals surface area contributed by atoms with Crippen LogP contribution in [-0.4, -0.2) is 62.6 Å². The third kappa shape index (κ3) is 3.57. The molecule has 0 aliphatic carbocycles. The van der Waals surface area contributed by atoms with Crippen molar-refractivity contribution in [2.45, 2.75) is 24.9 Å². The molecular weight excluding hydrogens is 272 g/mol. The van der Waals surface area contributed by atoms with E-state index in [9.17, 15) is 18.0 Å². The highest BCUT2D eigenvalue weighted by molar-refractivity contribution is 7.88. The predicted octanol–water partition coefficient (Wildman–Crippen LogP) is -1.79. The Bertz CT molecular complexity index is 470. The second kappa shape index (κ2) is 5.33. The Morgan fingerprint density at radius 3 is 2.47 bits per heavy atom. The second-order valence-corrected chi connectivity index (χ2v) is 6.83. The Labute approximate surface area is 112 Å². The molecule has 108 valence electrons. The fourth-order valence-corrected chi connectivity index (χ4v) is 3.12. The summed E-state index contributed by atoms with van der Waals surface area (Å²) in [5.74, 6) is -0.226. The van der Waals surface area contributed by atoms with Crippen LogP contribution in [0.2, 0.25) is 0 Å². The molecule has 0 spiro atoms. The van der Waals surface area contributed by atoms with Crippen LogP contribution in [0.1, 0.15) is 12.8 Å². The van der Waals surface area contributed by atoms with E-state index in [1.54, 1.807) is 0 Å². The first-order valence-electron chi connectivity index (χ1n) is 6.16. The number of nitrogens with zero attached hydrogens (tertiary/aromatic N) is 1. The van der Waals surface area contributed by atoms with Gasteiger partial charge in [0.05, 0.1) is 6.26 Å². The number of carbonyl (C=O) groups is 2. The van der Waals surface area contributed by atoms with Crippen LogP contribution in [0.4, 0.5) is 4.79 Å². The second-order valence-electron chi connectivity index (χ2n) is 4.85. The van der Waals surface area contributed by atoms with Gasteiger partial charge in [0.25, 0.3) is 0 Å². The number of nitrogens with one attached hydrogen (secondary N) is 3. The number of hydrogen-bond acceptors (Lipinski definition) is 4. The zero-order chi connectivity index (χ0) is 14.0. The molecule has 2 saturated heterocycles. The van der Waals surface area contributed by atoms with Crippen molar-refractivity contribution in [2.75, 3.05) is 25.9 Å². The zero-order valence-electron chi connectivity index (χ0n) is 10.7. The Morgan fingerprint density at radius 1 is 1.37 bits per heavy atom. The maximum atomic E-state index is 11.8. The van der Waals surface area contributed by atoms with Gasteiger partial charge in [0, 0.05) is 25.7 Å². The summed E-state index contributed by atoms with van der Waals surface area (Å²) in [6.45, 7) is 1.12. The molecule has 8 nitrogen and oxygen atoms in total. The average Bonchev–Trinajstić information content (AvgIpc) is 2.75. The highest BCUT2D eigenvalue weighted by Gasteiger charge is 2.30. The zero-order valence-corrected chi connectivity index (χ0v) is 11.5. The van der Waals surface area contributed by atoms with Crippen molar-refractivity contribution in [1.29, 1.82) is 0 Å². The highest BCUT2D eigenvalue weighted by Crippen LogP contribution is 2.13. The van der Waals surface area contributed by atoms with Crippen LogP contribution in [0, 0.1) is 0 Å². The number of amides is 3. The van der Waals surface area contributed by atoms with Gasteiger partial charge in [0.15, 0.2) is 0 Å². The van der Waals surface area contributed by atoms with Crippen LogP contribution >= 0.6 is 0 Å². The Morgan fingerprint density at radius 2 is 2.00 bits per heavy atom. The van der Waals surface area contributed by atoms with Crippen LogP contribution in [0.3, 0.4) is 0 Å². The maximum absolute atomic E-state index is 11.8. The topological polar surface area (TPSA) is 108 Å². The van der Waals surface area contributed by atoms with Gasteiger partial charge in [-0.05, 0) is 12.8 Å². The molecule has 0 aromatic heterocycles. The van der Waals surface area contributed by atoms with Gasteiger partial charge in [-0.25, -0.2) is 17.5 Å².